The van der Waals surface area contributed by atoms with E-state index in [4.69, 9.17) is 0 Å². The van der Waals surface area contributed by atoms with Gasteiger partial charge in [0.05, 0.1) is 5.39 Å². The van der Waals surface area contributed by atoms with Gasteiger partial charge in [-0.15, -0.1) is 0 Å². The highest BCUT2D eigenvalue weighted by Gasteiger charge is 2.49. The van der Waals surface area contributed by atoms with E-state index in [1.54, 1.807) is 0 Å². The van der Waals surface area contributed by atoms with Gasteiger partial charge in [0, 0.05) is 6.04 Å². The van der Waals surface area contributed by atoms with Crippen molar-refractivity contribution in [3.63, 3.8) is 0 Å². The van der Waals surface area contributed by atoms with Gasteiger partial charge in [-0.05, 0) is 30.4 Å². The minimum absolute atomic E-state index is 0.0368. The molecule has 2 aromatic heterocycles. The van der Waals surface area contributed by atoms with Crippen molar-refractivity contribution in [1.29, 1.82) is 0 Å². The van der Waals surface area contributed by atoms with E-state index in [2.05, 4.69) is 8.56 Å². The Morgan fingerprint density at radius 2 is 1.86 bits per heavy atom. The summed E-state index contributed by atoms with van der Waals surface area (Å²) in [6.07, 6.45) is 0.924. The molecule has 0 radical (unpaired) electrons. The Hall–Kier alpha value is -2.48. The maximum absolute atomic E-state index is 14.3. The number of hydrogen-bond acceptors (Lipinski definition) is 6. The Bertz CT molecular complexity index is 1370. The number of fused-ring (bicyclic) bond motifs is 2. The van der Waals surface area contributed by atoms with E-state index in [9.17, 15) is 40.0 Å². The van der Waals surface area contributed by atoms with E-state index in [1.165, 1.54) is 0 Å². The van der Waals surface area contributed by atoms with Crippen molar-refractivity contribution in [2.45, 2.75) is 24.4 Å². The molecule has 0 aliphatic heterocycles. The first-order valence-electron chi connectivity index (χ1n) is 7.52. The van der Waals surface area contributed by atoms with Gasteiger partial charge in [0.2, 0.25) is 17.0 Å². The highest BCUT2D eigenvalue weighted by Crippen LogP contribution is 2.43. The van der Waals surface area contributed by atoms with Crippen LogP contribution in [-0.2, 0) is 10.1 Å². The third-order valence-corrected chi connectivity index (χ3v) is 5.99. The fourth-order valence-corrected chi connectivity index (χ4v) is 4.20. The second-order valence-corrected chi connectivity index (χ2v) is 8.36. The van der Waals surface area contributed by atoms with E-state index in [1.807, 2.05) is 0 Å². The van der Waals surface area contributed by atoms with Gasteiger partial charge in [-0.3, -0.25) is 14.0 Å². The summed E-state index contributed by atoms with van der Waals surface area (Å²) in [5, 5.41) is -1.06. The molecule has 7 nitrogen and oxygen atoms in total. The first kappa shape index (κ1) is 18.9. The molecule has 3 aromatic rings. The molecule has 1 aliphatic rings. The molecule has 28 heavy (non-hydrogen) atoms. The molecular weight excluding hydrogens is 435 g/mol. The first-order chi connectivity index (χ1) is 12.9. The Labute approximate surface area is 155 Å². The minimum Gasteiger partial charge on any atom is -0.370 e. The smallest absolute Gasteiger partial charge is 0.370 e. The molecule has 0 saturated heterocycles. The number of halogens is 5. The zero-order valence-electron chi connectivity index (χ0n) is 13.3. The minimum atomic E-state index is -6.35. The zero-order valence-corrected chi connectivity index (χ0v) is 14.9. The summed E-state index contributed by atoms with van der Waals surface area (Å²) in [7, 11) is -6.35. The molecule has 0 spiro atoms. The number of nitrogens with zero attached hydrogens (tertiary/aromatic N) is 1. The van der Waals surface area contributed by atoms with Crippen molar-refractivity contribution < 1.29 is 34.6 Å². The summed E-state index contributed by atoms with van der Waals surface area (Å²) in [5.74, 6) is -5.39. The molecule has 0 bridgehead atoms. The predicted octanol–water partition coefficient (Wildman–Crippen LogP) is 2.75. The lowest BCUT2D eigenvalue weighted by Gasteiger charge is -2.17. The van der Waals surface area contributed by atoms with Crippen LogP contribution in [0.2, 0.25) is 0 Å². The molecule has 1 fully saturated rings. The second-order valence-electron chi connectivity index (χ2n) is 6.02. The van der Waals surface area contributed by atoms with Crippen molar-refractivity contribution >= 4 is 42.8 Å². The topological polar surface area (TPSA) is 98.2 Å². The summed E-state index contributed by atoms with van der Waals surface area (Å²) in [6, 6.07) is -0.0620. The van der Waals surface area contributed by atoms with E-state index < -0.39 is 60.9 Å². The van der Waals surface area contributed by atoms with Crippen LogP contribution in [0.3, 0.4) is 0 Å². The molecule has 0 atom stereocenters. The van der Waals surface area contributed by atoms with E-state index in [-0.39, 0.29) is 10.2 Å². The maximum atomic E-state index is 14.3. The molecule has 4 rings (SSSR count). The number of benzene rings is 1. The van der Waals surface area contributed by atoms with Crippen molar-refractivity contribution in [2.24, 2.45) is 0 Å². The molecular formula is C14H7F5N2O5S2. The number of rotatable bonds is 3. The number of alkyl halides is 3. The van der Waals surface area contributed by atoms with E-state index >= 15 is 0 Å². The molecule has 1 saturated carbocycles. The van der Waals surface area contributed by atoms with Crippen LogP contribution in [0.15, 0.2) is 15.7 Å². The number of aromatic nitrogens is 2. The molecule has 1 N–H and O–H groups in total. The summed E-state index contributed by atoms with van der Waals surface area (Å²) in [6.45, 7) is 0. The summed E-state index contributed by atoms with van der Waals surface area (Å²) < 4.78 is 96.6. The number of hydrogen-bond donors (Lipinski definition) is 1. The van der Waals surface area contributed by atoms with E-state index in [0.29, 0.717) is 30.4 Å². The third kappa shape index (κ3) is 2.62. The number of H-pyrrole nitrogens is 1. The normalized spacial score (nSPS) is 15.5. The van der Waals surface area contributed by atoms with Gasteiger partial charge in [0.15, 0.2) is 5.82 Å². The highest BCUT2D eigenvalue weighted by atomic mass is 32.2. The quantitative estimate of drug-likeness (QED) is 0.382. The molecule has 14 heteroatoms. The van der Waals surface area contributed by atoms with Crippen LogP contribution in [0, 0.1) is 11.6 Å². The van der Waals surface area contributed by atoms with Crippen LogP contribution < -0.4 is 15.2 Å². The van der Waals surface area contributed by atoms with Crippen LogP contribution in [0.4, 0.5) is 22.0 Å². The van der Waals surface area contributed by atoms with Crippen molar-refractivity contribution in [3.8, 4) is 5.75 Å². The third-order valence-electron chi connectivity index (χ3n) is 4.15. The average Bonchev–Trinajstić information content (AvgIpc) is 3.34. The highest BCUT2D eigenvalue weighted by molar-refractivity contribution is 7.88. The van der Waals surface area contributed by atoms with Gasteiger partial charge < -0.3 is 8.75 Å². The van der Waals surface area contributed by atoms with Crippen LogP contribution in [0.5, 0.6) is 5.75 Å². The zero-order chi connectivity index (χ0) is 20.6. The summed E-state index contributed by atoms with van der Waals surface area (Å²) in [5.41, 5.74) is -8.47. The number of nitrogens with one attached hydrogen (secondary N) is 1. The standard InChI is InChI=1S/C14H7F5N2O5S2/c15-6-3-5-9(11(8(6)16)26-28(24,25)14(17,18)19)21(4-1-2-4)13-7(10(5)22)12(23)20-27-13/h3-4H,1-2H2,(H,20,23). The molecule has 1 aromatic carbocycles. The molecule has 2 heterocycles. The monoisotopic (exact) mass is 442 g/mol. The lowest BCUT2D eigenvalue weighted by molar-refractivity contribution is -0.0500. The predicted molar refractivity (Wildman–Crippen MR) is 88.0 cm³/mol. The Morgan fingerprint density at radius 1 is 1.21 bits per heavy atom. The van der Waals surface area contributed by atoms with Gasteiger partial charge in [-0.25, -0.2) is 4.39 Å². The fraction of sp³-hybridized carbons (Fsp3) is 0.286. The molecule has 150 valence electrons. The van der Waals surface area contributed by atoms with Crippen molar-refractivity contribution in [1.82, 2.24) is 8.94 Å². The lowest BCUT2D eigenvalue weighted by atomic mass is 10.1. The van der Waals surface area contributed by atoms with Crippen molar-refractivity contribution in [3.05, 3.63) is 38.3 Å². The van der Waals surface area contributed by atoms with Crippen LogP contribution in [0.1, 0.15) is 18.9 Å². The average molecular weight is 442 g/mol. The number of aromatic amines is 1. The summed E-state index contributed by atoms with van der Waals surface area (Å²) in [4.78, 5) is 24.5. The van der Waals surface area contributed by atoms with Gasteiger partial charge in [-0.2, -0.15) is 26.0 Å². The van der Waals surface area contributed by atoms with Crippen LogP contribution in [-0.4, -0.2) is 22.9 Å². The molecule has 1 aliphatic carbocycles. The molecule has 0 amide bonds. The van der Waals surface area contributed by atoms with Crippen molar-refractivity contribution in [2.75, 3.05) is 0 Å². The van der Waals surface area contributed by atoms with Gasteiger partial charge >= 0.3 is 15.6 Å². The van der Waals surface area contributed by atoms with Gasteiger partial charge in [-0.1, -0.05) is 0 Å². The fourth-order valence-electron chi connectivity index (χ4n) is 2.82. The number of pyridine rings is 1. The van der Waals surface area contributed by atoms with Crippen LogP contribution >= 0.6 is 11.5 Å². The van der Waals surface area contributed by atoms with E-state index in [0.717, 1.165) is 4.57 Å². The Kier molecular flexibility index (Phi) is 3.88. The molecule has 0 unspecified atom stereocenters. The van der Waals surface area contributed by atoms with Crippen LogP contribution in [0.25, 0.3) is 21.1 Å². The Morgan fingerprint density at radius 3 is 2.43 bits per heavy atom. The largest absolute Gasteiger partial charge is 0.534 e. The maximum Gasteiger partial charge on any atom is 0.534 e. The van der Waals surface area contributed by atoms with Gasteiger partial charge in [0.1, 0.15) is 15.7 Å². The lowest BCUT2D eigenvalue weighted by Crippen LogP contribution is -2.29. The Balaban J connectivity index is 2.20. The SMILES string of the molecule is O=c1[nH]sc2c1c(=O)c1cc(F)c(F)c(OS(=O)(=O)C(F)(F)F)c1n2C1CC1. The van der Waals surface area contributed by atoms with Gasteiger partial charge in [0.25, 0.3) is 5.56 Å². The summed E-state index contributed by atoms with van der Waals surface area (Å²) >= 11 is 0.662. The second kappa shape index (κ2) is 5.76. The first-order valence-corrected chi connectivity index (χ1v) is 9.74.